The summed E-state index contributed by atoms with van der Waals surface area (Å²) in [5.74, 6) is 5.86. The zero-order valence-corrected chi connectivity index (χ0v) is 10.5. The highest BCUT2D eigenvalue weighted by molar-refractivity contribution is 5.75. The largest absolute Gasteiger partial charge is 0.339 e. The Hall–Kier alpha value is -2.21. The second-order valence-corrected chi connectivity index (χ2v) is 4.16. The number of hydrazine groups is 1. The topological polar surface area (TPSA) is 94.0 Å². The van der Waals surface area contributed by atoms with E-state index in [4.69, 9.17) is 10.4 Å². The van der Waals surface area contributed by atoms with Gasteiger partial charge in [-0.25, -0.2) is 5.84 Å². The van der Waals surface area contributed by atoms with Crippen LogP contribution in [0, 0.1) is 0 Å². The predicted octanol–water partition coefficient (Wildman–Crippen LogP) is 0.777. The van der Waals surface area contributed by atoms with Gasteiger partial charge < -0.3 is 4.52 Å². The van der Waals surface area contributed by atoms with Crippen LogP contribution < -0.4 is 11.3 Å². The highest BCUT2D eigenvalue weighted by atomic mass is 16.5. The fourth-order valence-electron chi connectivity index (χ4n) is 1.69. The normalized spacial score (nSPS) is 10.4. The lowest BCUT2D eigenvalue weighted by atomic mass is 10.1. The molecule has 2 rings (SSSR count). The molecule has 1 aromatic heterocycles. The van der Waals surface area contributed by atoms with Crippen molar-refractivity contribution in [2.45, 2.75) is 25.7 Å². The van der Waals surface area contributed by atoms with Crippen molar-refractivity contribution in [3.63, 3.8) is 0 Å². The molecule has 0 spiro atoms. The van der Waals surface area contributed by atoms with Gasteiger partial charge >= 0.3 is 0 Å². The zero-order valence-electron chi connectivity index (χ0n) is 10.5. The molecule has 19 heavy (non-hydrogen) atoms. The number of nitrogens with one attached hydrogen (secondary N) is 1. The average molecular weight is 260 g/mol. The minimum Gasteiger partial charge on any atom is -0.339 e. The summed E-state index contributed by atoms with van der Waals surface area (Å²) in [6.45, 7) is 0. The number of nitrogens with two attached hydrogens (primary N) is 1. The summed E-state index contributed by atoms with van der Waals surface area (Å²) >= 11 is 0. The third-order valence-electron chi connectivity index (χ3n) is 2.72. The van der Waals surface area contributed by atoms with Crippen LogP contribution in [0.15, 0.2) is 34.9 Å². The third-order valence-corrected chi connectivity index (χ3v) is 2.72. The van der Waals surface area contributed by atoms with E-state index in [9.17, 15) is 4.79 Å². The molecule has 1 amide bonds. The Kier molecular flexibility index (Phi) is 4.63. The second kappa shape index (κ2) is 6.65. The van der Waals surface area contributed by atoms with Gasteiger partial charge in [-0.3, -0.25) is 10.2 Å². The number of hydrogen-bond acceptors (Lipinski definition) is 5. The summed E-state index contributed by atoms with van der Waals surface area (Å²) in [6, 6.07) is 10.1. The van der Waals surface area contributed by atoms with Crippen molar-refractivity contribution in [3.05, 3.63) is 47.6 Å². The van der Waals surface area contributed by atoms with E-state index in [-0.39, 0.29) is 12.3 Å². The maximum atomic E-state index is 11.0. The Balaban J connectivity index is 1.82. The van der Waals surface area contributed by atoms with Crippen LogP contribution in [-0.4, -0.2) is 16.0 Å². The molecule has 0 atom stereocenters. The molecule has 0 fully saturated rings. The molecular formula is C13H16N4O2. The van der Waals surface area contributed by atoms with Gasteiger partial charge in [0.25, 0.3) is 0 Å². The summed E-state index contributed by atoms with van der Waals surface area (Å²) in [6.07, 6.45) is 2.23. The monoisotopic (exact) mass is 260 g/mol. The summed E-state index contributed by atoms with van der Waals surface area (Å²) < 4.78 is 5.07. The van der Waals surface area contributed by atoms with Gasteiger partial charge in [-0.15, -0.1) is 0 Å². The Labute approximate surface area is 111 Å². The number of aryl methyl sites for hydroxylation is 3. The van der Waals surface area contributed by atoms with Crippen molar-refractivity contribution in [2.24, 2.45) is 5.84 Å². The van der Waals surface area contributed by atoms with Gasteiger partial charge in [-0.1, -0.05) is 35.5 Å². The van der Waals surface area contributed by atoms with Gasteiger partial charge in [0.2, 0.25) is 11.8 Å². The van der Waals surface area contributed by atoms with Crippen LogP contribution in [0.25, 0.3) is 0 Å². The van der Waals surface area contributed by atoms with E-state index < -0.39 is 0 Å². The SMILES string of the molecule is NNC(=O)CCc1nc(CCc2ccccc2)no1. The van der Waals surface area contributed by atoms with Crippen LogP contribution in [0.3, 0.4) is 0 Å². The molecule has 6 nitrogen and oxygen atoms in total. The van der Waals surface area contributed by atoms with Crippen LogP contribution in [0.4, 0.5) is 0 Å². The van der Waals surface area contributed by atoms with Crippen molar-refractivity contribution in [3.8, 4) is 0 Å². The van der Waals surface area contributed by atoms with Crippen LogP contribution in [0.1, 0.15) is 23.7 Å². The summed E-state index contributed by atoms with van der Waals surface area (Å²) in [5.41, 5.74) is 3.29. The number of hydrogen-bond donors (Lipinski definition) is 2. The van der Waals surface area contributed by atoms with Crippen molar-refractivity contribution in [1.29, 1.82) is 0 Å². The summed E-state index contributed by atoms with van der Waals surface area (Å²) in [5, 5.41) is 3.89. The second-order valence-electron chi connectivity index (χ2n) is 4.16. The molecule has 100 valence electrons. The molecule has 2 aromatic rings. The van der Waals surface area contributed by atoms with Gasteiger partial charge in [0.15, 0.2) is 5.82 Å². The first-order valence-corrected chi connectivity index (χ1v) is 6.13. The van der Waals surface area contributed by atoms with Gasteiger partial charge in [0.1, 0.15) is 0 Å². The lowest BCUT2D eigenvalue weighted by molar-refractivity contribution is -0.121. The van der Waals surface area contributed by atoms with Crippen LogP contribution in [0.2, 0.25) is 0 Å². The van der Waals surface area contributed by atoms with E-state index in [2.05, 4.69) is 27.7 Å². The molecule has 0 aliphatic carbocycles. The molecule has 0 bridgehead atoms. The number of rotatable bonds is 6. The highest BCUT2D eigenvalue weighted by Crippen LogP contribution is 2.06. The number of aromatic nitrogens is 2. The standard InChI is InChI=1S/C13H16N4O2/c14-16-12(18)8-9-13-15-11(17-19-13)7-6-10-4-2-1-3-5-10/h1-5H,6-9,14H2,(H,16,18). The van der Waals surface area contributed by atoms with Crippen molar-refractivity contribution < 1.29 is 9.32 Å². The molecule has 0 unspecified atom stereocenters. The van der Waals surface area contributed by atoms with E-state index in [0.29, 0.717) is 18.1 Å². The maximum absolute atomic E-state index is 11.0. The van der Waals surface area contributed by atoms with E-state index in [1.807, 2.05) is 18.2 Å². The maximum Gasteiger partial charge on any atom is 0.234 e. The van der Waals surface area contributed by atoms with Crippen LogP contribution in [0.5, 0.6) is 0 Å². The van der Waals surface area contributed by atoms with Crippen molar-refractivity contribution in [2.75, 3.05) is 0 Å². The fraction of sp³-hybridized carbons (Fsp3) is 0.308. The quantitative estimate of drug-likeness (QED) is 0.454. The number of carbonyl (C=O) groups is 1. The Morgan fingerprint density at radius 3 is 2.74 bits per heavy atom. The Morgan fingerprint density at radius 1 is 1.21 bits per heavy atom. The van der Waals surface area contributed by atoms with Crippen molar-refractivity contribution in [1.82, 2.24) is 15.6 Å². The van der Waals surface area contributed by atoms with E-state index >= 15 is 0 Å². The first-order chi connectivity index (χ1) is 9.28. The molecule has 1 heterocycles. The molecule has 0 saturated carbocycles. The molecule has 1 aromatic carbocycles. The Morgan fingerprint density at radius 2 is 2.00 bits per heavy atom. The molecule has 0 aliphatic rings. The van der Waals surface area contributed by atoms with Gasteiger partial charge in [0, 0.05) is 19.3 Å². The van der Waals surface area contributed by atoms with Gasteiger partial charge in [-0.2, -0.15) is 4.98 Å². The average Bonchev–Trinajstić information content (AvgIpc) is 2.91. The minimum atomic E-state index is -0.246. The van der Waals surface area contributed by atoms with E-state index in [0.717, 1.165) is 12.8 Å². The van der Waals surface area contributed by atoms with Gasteiger partial charge in [0.05, 0.1) is 0 Å². The van der Waals surface area contributed by atoms with Crippen LogP contribution >= 0.6 is 0 Å². The van der Waals surface area contributed by atoms with Crippen molar-refractivity contribution >= 4 is 5.91 Å². The summed E-state index contributed by atoms with van der Waals surface area (Å²) in [4.78, 5) is 15.2. The fourth-order valence-corrected chi connectivity index (χ4v) is 1.69. The lowest BCUT2D eigenvalue weighted by Crippen LogP contribution is -2.30. The third kappa shape index (κ3) is 4.18. The molecule has 0 radical (unpaired) electrons. The van der Waals surface area contributed by atoms with E-state index in [1.54, 1.807) is 0 Å². The first-order valence-electron chi connectivity index (χ1n) is 6.13. The van der Waals surface area contributed by atoms with Crippen LogP contribution in [-0.2, 0) is 24.1 Å². The highest BCUT2D eigenvalue weighted by Gasteiger charge is 2.08. The number of carbonyl (C=O) groups excluding carboxylic acids is 1. The van der Waals surface area contributed by atoms with E-state index in [1.165, 1.54) is 5.56 Å². The molecule has 0 aliphatic heterocycles. The molecule has 0 saturated heterocycles. The lowest BCUT2D eigenvalue weighted by Gasteiger charge is -1.96. The molecule has 3 N–H and O–H groups in total. The smallest absolute Gasteiger partial charge is 0.234 e. The number of benzene rings is 1. The number of amides is 1. The minimum absolute atomic E-state index is 0.246. The predicted molar refractivity (Wildman–Crippen MR) is 68.8 cm³/mol. The number of nitrogens with zero attached hydrogens (tertiary/aromatic N) is 2. The van der Waals surface area contributed by atoms with Gasteiger partial charge in [-0.05, 0) is 12.0 Å². The first kappa shape index (κ1) is 13.2. The Bertz CT molecular complexity index is 524. The summed E-state index contributed by atoms with van der Waals surface area (Å²) in [7, 11) is 0. The zero-order chi connectivity index (χ0) is 13.5. The molecule has 6 heteroatoms. The molecular weight excluding hydrogens is 244 g/mol.